The van der Waals surface area contributed by atoms with E-state index >= 15 is 0 Å². The fourth-order valence-corrected chi connectivity index (χ4v) is 1.67. The van der Waals surface area contributed by atoms with Crippen LogP contribution in [0.5, 0.6) is 0 Å². The number of aliphatic hydroxyl groups excluding tert-OH is 1. The van der Waals surface area contributed by atoms with Crippen molar-refractivity contribution >= 4 is 16.3 Å². The van der Waals surface area contributed by atoms with Crippen LogP contribution < -0.4 is 0 Å². The molecule has 0 amide bonds. The lowest BCUT2D eigenvalue weighted by molar-refractivity contribution is 0.370. The summed E-state index contributed by atoms with van der Waals surface area (Å²) in [6, 6.07) is 0. The summed E-state index contributed by atoms with van der Waals surface area (Å²) in [6.45, 7) is 7.20. The third-order valence-electron chi connectivity index (χ3n) is 0.975. The number of rotatable bonds is 5. The van der Waals surface area contributed by atoms with Crippen LogP contribution in [-0.4, -0.2) is 32.2 Å². The molecule has 0 heterocycles. The molecule has 0 aliphatic carbocycles. The normalized spacial score (nSPS) is 8.60. The molecule has 0 saturated carbocycles. The van der Waals surface area contributed by atoms with Crippen LogP contribution in [0.25, 0.3) is 0 Å². The van der Waals surface area contributed by atoms with Crippen molar-refractivity contribution in [2.45, 2.75) is 0 Å². The maximum absolute atomic E-state index is 8.72. The zero-order valence-corrected chi connectivity index (χ0v) is 7.06. The zero-order valence-electron chi connectivity index (χ0n) is 6.16. The standard InChI is InChI=1S/C7H13OP.B/c1-3-5-9(7-8)6-4-2;/h3-4,8H,1-2,5-7H2;. The lowest BCUT2D eigenvalue weighted by Gasteiger charge is -2.07. The fraction of sp³-hybridized carbons (Fsp3) is 0.429. The Bertz CT molecular complexity index is 85.6. The van der Waals surface area contributed by atoms with Gasteiger partial charge in [-0.05, 0) is 12.3 Å². The molecule has 0 aliphatic heterocycles. The van der Waals surface area contributed by atoms with Crippen LogP contribution in [-0.2, 0) is 0 Å². The Kier molecular flexibility index (Phi) is 11.3. The summed E-state index contributed by atoms with van der Waals surface area (Å²) in [5.41, 5.74) is 0. The molecule has 0 saturated heterocycles. The summed E-state index contributed by atoms with van der Waals surface area (Å²) in [5, 5.41) is 8.72. The SMILES string of the molecule is C=CCP(CO)CC=C.[B]. The predicted octanol–water partition coefficient (Wildman–Crippen LogP) is 1.41. The molecule has 3 radical (unpaired) electrons. The average Bonchev–Trinajstić information content (AvgIpc) is 1.88. The van der Waals surface area contributed by atoms with Gasteiger partial charge in [0.2, 0.25) is 0 Å². The molecule has 0 aromatic heterocycles. The van der Waals surface area contributed by atoms with Gasteiger partial charge in [-0.2, -0.15) is 0 Å². The second kappa shape index (κ2) is 8.93. The molecule has 1 N–H and O–H groups in total. The topological polar surface area (TPSA) is 20.2 Å². The van der Waals surface area contributed by atoms with E-state index < -0.39 is 0 Å². The summed E-state index contributed by atoms with van der Waals surface area (Å²) >= 11 is 0. The van der Waals surface area contributed by atoms with Gasteiger partial charge in [-0.15, -0.1) is 13.2 Å². The summed E-state index contributed by atoms with van der Waals surface area (Å²) in [5.74, 6) is 0. The van der Waals surface area contributed by atoms with Crippen molar-refractivity contribution in [2.24, 2.45) is 0 Å². The molecule has 0 aromatic carbocycles. The van der Waals surface area contributed by atoms with E-state index in [9.17, 15) is 0 Å². The molecule has 0 bridgehead atoms. The lowest BCUT2D eigenvalue weighted by Crippen LogP contribution is -1.88. The maximum Gasteiger partial charge on any atom is 0.0630 e. The number of hydrogen-bond donors (Lipinski definition) is 1. The Labute approximate surface area is 66.2 Å². The van der Waals surface area contributed by atoms with Gasteiger partial charge in [-0.25, -0.2) is 0 Å². The minimum atomic E-state index is -0.239. The largest absolute Gasteiger partial charge is 0.392 e. The van der Waals surface area contributed by atoms with Crippen molar-refractivity contribution < 1.29 is 5.11 Å². The van der Waals surface area contributed by atoms with Gasteiger partial charge < -0.3 is 5.11 Å². The van der Waals surface area contributed by atoms with Crippen molar-refractivity contribution in [1.82, 2.24) is 0 Å². The Morgan fingerprint density at radius 1 is 1.20 bits per heavy atom. The van der Waals surface area contributed by atoms with E-state index in [0.717, 1.165) is 12.3 Å². The molecule has 0 atom stereocenters. The van der Waals surface area contributed by atoms with Crippen LogP contribution >= 0.6 is 7.92 Å². The highest BCUT2D eigenvalue weighted by atomic mass is 31.1. The van der Waals surface area contributed by atoms with Gasteiger partial charge in [0.1, 0.15) is 0 Å². The van der Waals surface area contributed by atoms with E-state index in [4.69, 9.17) is 5.11 Å². The Morgan fingerprint density at radius 3 is 1.80 bits per heavy atom. The predicted molar refractivity (Wildman–Crippen MR) is 49.9 cm³/mol. The third kappa shape index (κ3) is 6.06. The lowest BCUT2D eigenvalue weighted by atomic mass is 10.8. The third-order valence-corrected chi connectivity index (χ3v) is 2.92. The van der Waals surface area contributed by atoms with Crippen molar-refractivity contribution in [2.75, 3.05) is 18.7 Å². The molecule has 1 nitrogen and oxygen atoms in total. The minimum absolute atomic E-state index is 0. The molecule has 0 aliphatic rings. The number of aliphatic hydroxyl groups is 1. The van der Waals surface area contributed by atoms with Crippen LogP contribution in [0.3, 0.4) is 0 Å². The molecule has 0 spiro atoms. The highest BCUT2D eigenvalue weighted by Gasteiger charge is 1.98. The summed E-state index contributed by atoms with van der Waals surface area (Å²) in [6.07, 6.45) is 5.89. The highest BCUT2D eigenvalue weighted by molar-refractivity contribution is 7.57. The van der Waals surface area contributed by atoms with Gasteiger partial charge in [-0.3, -0.25) is 0 Å². The van der Waals surface area contributed by atoms with Gasteiger partial charge in [0, 0.05) is 8.41 Å². The van der Waals surface area contributed by atoms with Crippen LogP contribution in [0.1, 0.15) is 0 Å². The maximum atomic E-state index is 8.72. The van der Waals surface area contributed by atoms with Gasteiger partial charge in [0.25, 0.3) is 0 Å². The molecular weight excluding hydrogens is 142 g/mol. The fourth-order valence-electron chi connectivity index (χ4n) is 0.555. The van der Waals surface area contributed by atoms with Gasteiger partial charge >= 0.3 is 0 Å². The first-order valence-electron chi connectivity index (χ1n) is 2.90. The smallest absolute Gasteiger partial charge is 0.0630 e. The van der Waals surface area contributed by atoms with Crippen molar-refractivity contribution in [1.29, 1.82) is 0 Å². The first-order chi connectivity index (χ1) is 4.35. The Balaban J connectivity index is 0. The van der Waals surface area contributed by atoms with Crippen LogP contribution in [0.15, 0.2) is 25.3 Å². The van der Waals surface area contributed by atoms with Gasteiger partial charge in [0.15, 0.2) is 0 Å². The van der Waals surface area contributed by atoms with Gasteiger partial charge in [-0.1, -0.05) is 20.1 Å². The molecule has 10 heavy (non-hydrogen) atoms. The second-order valence-electron chi connectivity index (χ2n) is 1.75. The zero-order chi connectivity index (χ0) is 7.11. The van der Waals surface area contributed by atoms with Crippen molar-refractivity contribution in [3.05, 3.63) is 25.3 Å². The molecule has 3 heteroatoms. The van der Waals surface area contributed by atoms with E-state index in [1.165, 1.54) is 0 Å². The average molecular weight is 155 g/mol. The first kappa shape index (κ1) is 12.6. The molecule has 0 unspecified atom stereocenters. The molecule has 0 rings (SSSR count). The van der Waals surface area contributed by atoms with E-state index in [2.05, 4.69) is 13.2 Å². The van der Waals surface area contributed by atoms with Crippen LogP contribution in [0.4, 0.5) is 0 Å². The molecule has 0 fully saturated rings. The first-order valence-corrected chi connectivity index (χ1v) is 4.80. The second-order valence-corrected chi connectivity index (χ2v) is 4.11. The van der Waals surface area contributed by atoms with Crippen molar-refractivity contribution in [3.8, 4) is 0 Å². The molecular formula is C7H13BOP. The van der Waals surface area contributed by atoms with Crippen LogP contribution in [0.2, 0.25) is 0 Å². The van der Waals surface area contributed by atoms with Gasteiger partial charge in [0.05, 0.1) is 6.35 Å². The summed E-state index contributed by atoms with van der Waals surface area (Å²) in [7, 11) is -0.239. The molecule has 0 aromatic rings. The monoisotopic (exact) mass is 155 g/mol. The van der Waals surface area contributed by atoms with E-state index in [1.807, 2.05) is 12.2 Å². The van der Waals surface area contributed by atoms with Crippen molar-refractivity contribution in [3.63, 3.8) is 0 Å². The van der Waals surface area contributed by atoms with E-state index in [-0.39, 0.29) is 16.3 Å². The Hall–Kier alpha value is -0.0651. The number of hydrogen-bond acceptors (Lipinski definition) is 1. The van der Waals surface area contributed by atoms with E-state index in [1.54, 1.807) is 0 Å². The highest BCUT2D eigenvalue weighted by Crippen LogP contribution is 2.33. The minimum Gasteiger partial charge on any atom is -0.392 e. The summed E-state index contributed by atoms with van der Waals surface area (Å²) in [4.78, 5) is 0. The summed E-state index contributed by atoms with van der Waals surface area (Å²) < 4.78 is 0. The van der Waals surface area contributed by atoms with E-state index in [0.29, 0.717) is 6.35 Å². The Morgan fingerprint density at radius 2 is 1.60 bits per heavy atom. The van der Waals surface area contributed by atoms with Crippen LogP contribution in [0, 0.1) is 0 Å². The quantitative estimate of drug-likeness (QED) is 0.361. The number of allylic oxidation sites excluding steroid dienone is 2. The molecule has 55 valence electrons.